The molecular weight excluding hydrogens is 230 g/mol. The van der Waals surface area contributed by atoms with Gasteiger partial charge in [-0.15, -0.1) is 0 Å². The third-order valence-corrected chi connectivity index (χ3v) is 4.39. The molecule has 0 aromatic heterocycles. The van der Waals surface area contributed by atoms with Crippen LogP contribution in [0.1, 0.15) is 18.4 Å². The molecule has 0 amide bonds. The number of benzene rings is 1. The molecule has 1 saturated heterocycles. The van der Waals surface area contributed by atoms with Crippen molar-refractivity contribution in [3.05, 3.63) is 29.8 Å². The molecule has 0 spiro atoms. The van der Waals surface area contributed by atoms with Gasteiger partial charge in [-0.25, -0.2) is 0 Å². The van der Waals surface area contributed by atoms with Crippen LogP contribution < -0.4 is 5.32 Å². The van der Waals surface area contributed by atoms with E-state index in [9.17, 15) is 0 Å². The Bertz CT molecular complexity index is 319. The van der Waals surface area contributed by atoms with Crippen LogP contribution in [0.25, 0.3) is 0 Å². The second kappa shape index (κ2) is 6.92. The van der Waals surface area contributed by atoms with E-state index in [1.54, 1.807) is 0 Å². The average molecular weight is 251 g/mol. The van der Waals surface area contributed by atoms with Crippen molar-refractivity contribution in [3.8, 4) is 0 Å². The van der Waals surface area contributed by atoms with E-state index in [-0.39, 0.29) is 0 Å². The predicted molar refractivity (Wildman–Crippen MR) is 76.0 cm³/mol. The lowest BCUT2D eigenvalue weighted by molar-refractivity contribution is 0.100. The molecule has 1 fully saturated rings. The fourth-order valence-electron chi connectivity index (χ4n) is 1.93. The highest BCUT2D eigenvalue weighted by Crippen LogP contribution is 2.21. The molecule has 0 bridgehead atoms. The molecular formula is C14H21NOS. The summed E-state index contributed by atoms with van der Waals surface area (Å²) in [5.74, 6) is 1.18. The Morgan fingerprint density at radius 1 is 1.24 bits per heavy atom. The molecule has 2 nitrogen and oxygen atoms in total. The molecule has 0 atom stereocenters. The second-order valence-corrected chi connectivity index (χ2v) is 5.88. The molecule has 2 rings (SSSR count). The molecule has 1 aliphatic heterocycles. The molecule has 1 N–H and O–H groups in total. The first-order chi connectivity index (χ1) is 8.34. The summed E-state index contributed by atoms with van der Waals surface area (Å²) in [6.45, 7) is 5.06. The highest BCUT2D eigenvalue weighted by Gasteiger charge is 2.13. The van der Waals surface area contributed by atoms with E-state index in [0.717, 1.165) is 25.0 Å². The summed E-state index contributed by atoms with van der Waals surface area (Å²) in [4.78, 5) is 0. The van der Waals surface area contributed by atoms with E-state index >= 15 is 0 Å². The largest absolute Gasteiger partial charge is 0.384 e. The van der Waals surface area contributed by atoms with Gasteiger partial charge in [0.2, 0.25) is 0 Å². The summed E-state index contributed by atoms with van der Waals surface area (Å²) in [5, 5.41) is 4.27. The van der Waals surface area contributed by atoms with Crippen LogP contribution in [0.2, 0.25) is 0 Å². The van der Waals surface area contributed by atoms with E-state index in [0.29, 0.717) is 0 Å². The van der Waals surface area contributed by atoms with Gasteiger partial charge in [0.1, 0.15) is 0 Å². The minimum Gasteiger partial charge on any atom is -0.384 e. The van der Waals surface area contributed by atoms with Crippen molar-refractivity contribution in [2.75, 3.05) is 30.8 Å². The van der Waals surface area contributed by atoms with E-state index < -0.39 is 0 Å². The first kappa shape index (κ1) is 12.8. The van der Waals surface area contributed by atoms with Gasteiger partial charge >= 0.3 is 0 Å². The average Bonchev–Trinajstić information content (AvgIpc) is 2.38. The van der Waals surface area contributed by atoms with Crippen LogP contribution in [-0.4, -0.2) is 30.8 Å². The first-order valence-electron chi connectivity index (χ1n) is 6.34. The fourth-order valence-corrected chi connectivity index (χ4v) is 3.01. The first-order valence-corrected chi connectivity index (χ1v) is 7.39. The monoisotopic (exact) mass is 251 g/mol. The number of rotatable bonds is 5. The number of ether oxygens (including phenoxy) is 1. The predicted octanol–water partition coefficient (Wildman–Crippen LogP) is 3.32. The van der Waals surface area contributed by atoms with Gasteiger partial charge < -0.3 is 10.1 Å². The highest BCUT2D eigenvalue weighted by molar-refractivity contribution is 7.99. The highest BCUT2D eigenvalue weighted by atomic mass is 32.2. The zero-order valence-electron chi connectivity index (χ0n) is 10.4. The summed E-state index contributed by atoms with van der Waals surface area (Å²) in [5.41, 5.74) is 2.54. The summed E-state index contributed by atoms with van der Waals surface area (Å²) in [6, 6.07) is 8.59. The number of aryl methyl sites for hydroxylation is 1. The van der Waals surface area contributed by atoms with Crippen molar-refractivity contribution < 1.29 is 4.74 Å². The third kappa shape index (κ3) is 4.60. The summed E-state index contributed by atoms with van der Waals surface area (Å²) in [6.07, 6.45) is 2.43. The molecule has 0 aliphatic carbocycles. The standard InChI is InChI=1S/C14H21NOS/c1-12-2-4-13(5-3-12)15-8-11-17-14-6-9-16-10-7-14/h2-5,14-15H,6-11H2,1H3. The van der Waals surface area contributed by atoms with Crippen molar-refractivity contribution in [2.45, 2.75) is 25.0 Å². The Morgan fingerprint density at radius 3 is 2.65 bits per heavy atom. The van der Waals surface area contributed by atoms with Crippen molar-refractivity contribution in [1.82, 2.24) is 0 Å². The van der Waals surface area contributed by atoms with Gasteiger partial charge in [0.05, 0.1) is 0 Å². The normalized spacial score (nSPS) is 17.0. The molecule has 0 saturated carbocycles. The lowest BCUT2D eigenvalue weighted by atomic mass is 10.2. The zero-order valence-corrected chi connectivity index (χ0v) is 11.3. The molecule has 1 aliphatic rings. The number of thioether (sulfide) groups is 1. The molecule has 94 valence electrons. The quantitative estimate of drug-likeness (QED) is 0.811. The maximum Gasteiger partial charge on any atom is 0.0476 e. The van der Waals surface area contributed by atoms with Crippen LogP contribution in [0.5, 0.6) is 0 Å². The van der Waals surface area contributed by atoms with Crippen LogP contribution in [0.15, 0.2) is 24.3 Å². The van der Waals surface area contributed by atoms with Crippen molar-refractivity contribution >= 4 is 17.4 Å². The maximum absolute atomic E-state index is 5.36. The molecule has 3 heteroatoms. The van der Waals surface area contributed by atoms with E-state index in [4.69, 9.17) is 4.74 Å². The lowest BCUT2D eigenvalue weighted by Crippen LogP contribution is -2.19. The molecule has 0 unspecified atom stereocenters. The third-order valence-electron chi connectivity index (χ3n) is 3.00. The number of anilines is 1. The Labute approximate surface area is 108 Å². The SMILES string of the molecule is Cc1ccc(NCCSC2CCOCC2)cc1. The smallest absolute Gasteiger partial charge is 0.0476 e. The van der Waals surface area contributed by atoms with Gasteiger partial charge in [-0.3, -0.25) is 0 Å². The molecule has 17 heavy (non-hydrogen) atoms. The van der Waals surface area contributed by atoms with Crippen molar-refractivity contribution in [1.29, 1.82) is 0 Å². The molecule has 0 radical (unpaired) electrons. The van der Waals surface area contributed by atoms with E-state index in [2.05, 4.69) is 48.3 Å². The topological polar surface area (TPSA) is 21.3 Å². The Hall–Kier alpha value is -0.670. The van der Waals surface area contributed by atoms with Crippen molar-refractivity contribution in [3.63, 3.8) is 0 Å². The van der Waals surface area contributed by atoms with E-state index in [1.165, 1.54) is 29.8 Å². The van der Waals surface area contributed by atoms with Gasteiger partial charge in [0.25, 0.3) is 0 Å². The molecule has 1 aromatic rings. The lowest BCUT2D eigenvalue weighted by Gasteiger charge is -2.21. The van der Waals surface area contributed by atoms with Crippen LogP contribution in [-0.2, 0) is 4.74 Å². The van der Waals surface area contributed by atoms with Gasteiger partial charge in [0, 0.05) is 36.4 Å². The van der Waals surface area contributed by atoms with Crippen LogP contribution >= 0.6 is 11.8 Å². The van der Waals surface area contributed by atoms with E-state index in [1.807, 2.05) is 0 Å². The zero-order chi connectivity index (χ0) is 11.9. The fraction of sp³-hybridized carbons (Fsp3) is 0.571. The maximum atomic E-state index is 5.36. The molecule has 1 heterocycles. The van der Waals surface area contributed by atoms with Gasteiger partial charge in [0.15, 0.2) is 0 Å². The summed E-state index contributed by atoms with van der Waals surface area (Å²) in [7, 11) is 0. The minimum absolute atomic E-state index is 0.809. The van der Waals surface area contributed by atoms with Crippen LogP contribution in [0.4, 0.5) is 5.69 Å². The summed E-state index contributed by atoms with van der Waals surface area (Å²) >= 11 is 2.08. The molecule has 1 aromatic carbocycles. The van der Waals surface area contributed by atoms with Crippen molar-refractivity contribution in [2.24, 2.45) is 0 Å². The Balaban J connectivity index is 1.60. The number of hydrogen-bond acceptors (Lipinski definition) is 3. The van der Waals surface area contributed by atoms with Crippen LogP contribution in [0, 0.1) is 6.92 Å². The minimum atomic E-state index is 0.809. The van der Waals surface area contributed by atoms with Crippen LogP contribution in [0.3, 0.4) is 0 Å². The number of nitrogens with one attached hydrogen (secondary N) is 1. The Morgan fingerprint density at radius 2 is 1.94 bits per heavy atom. The van der Waals surface area contributed by atoms with Gasteiger partial charge in [-0.1, -0.05) is 17.7 Å². The summed E-state index contributed by atoms with van der Waals surface area (Å²) < 4.78 is 5.36. The Kier molecular flexibility index (Phi) is 5.20. The number of hydrogen-bond donors (Lipinski definition) is 1. The van der Waals surface area contributed by atoms with Gasteiger partial charge in [-0.05, 0) is 31.9 Å². The second-order valence-electron chi connectivity index (χ2n) is 4.48. The van der Waals surface area contributed by atoms with Gasteiger partial charge in [-0.2, -0.15) is 11.8 Å².